The first-order valence-corrected chi connectivity index (χ1v) is 5.95. The van der Waals surface area contributed by atoms with E-state index in [4.69, 9.17) is 15.6 Å². The normalized spacial score (nSPS) is 20.6. The minimum atomic E-state index is -1.02. The van der Waals surface area contributed by atoms with Crippen molar-refractivity contribution in [1.29, 1.82) is 0 Å². The van der Waals surface area contributed by atoms with Gasteiger partial charge >= 0.3 is 5.97 Å². The number of nitrogens with one attached hydrogen (secondary N) is 1. The first kappa shape index (κ1) is 12.6. The monoisotopic (exact) mass is 251 g/mol. The van der Waals surface area contributed by atoms with Crippen molar-refractivity contribution in [2.45, 2.75) is 31.9 Å². The van der Waals surface area contributed by atoms with Gasteiger partial charge in [-0.2, -0.15) is 0 Å². The number of hydrogen-bond acceptors (Lipinski definition) is 5. The molecule has 0 aromatic carbocycles. The molecule has 6 heteroatoms. The summed E-state index contributed by atoms with van der Waals surface area (Å²) in [7, 11) is 0. The molecule has 2 unspecified atom stereocenters. The molecule has 98 valence electrons. The predicted octanol–water partition coefficient (Wildman–Crippen LogP) is 1.34. The molecule has 0 radical (unpaired) electrons. The number of aromatic carboxylic acids is 1. The van der Waals surface area contributed by atoms with E-state index in [9.17, 15) is 4.79 Å². The number of anilines is 2. The first-order valence-electron chi connectivity index (χ1n) is 5.95. The van der Waals surface area contributed by atoms with Gasteiger partial charge in [0.25, 0.3) is 0 Å². The van der Waals surface area contributed by atoms with Crippen LogP contribution >= 0.6 is 0 Å². The van der Waals surface area contributed by atoms with Gasteiger partial charge in [0.2, 0.25) is 0 Å². The van der Waals surface area contributed by atoms with Gasteiger partial charge in [-0.15, -0.1) is 0 Å². The predicted molar refractivity (Wildman–Crippen MR) is 67.7 cm³/mol. The van der Waals surface area contributed by atoms with Crippen molar-refractivity contribution in [3.05, 3.63) is 17.8 Å². The summed E-state index contributed by atoms with van der Waals surface area (Å²) < 4.78 is 5.56. The van der Waals surface area contributed by atoms with Gasteiger partial charge in [0, 0.05) is 12.6 Å². The molecule has 1 aromatic heterocycles. The zero-order valence-electron chi connectivity index (χ0n) is 10.2. The van der Waals surface area contributed by atoms with Crippen molar-refractivity contribution in [2.75, 3.05) is 17.7 Å². The van der Waals surface area contributed by atoms with Crippen LogP contribution in [0.3, 0.4) is 0 Å². The maximum Gasteiger partial charge on any atom is 0.337 e. The Hall–Kier alpha value is -1.82. The number of nitrogens with two attached hydrogens (primary N) is 1. The maximum atomic E-state index is 11.1. The number of hydrogen-bond donors (Lipinski definition) is 3. The summed E-state index contributed by atoms with van der Waals surface area (Å²) in [6.45, 7) is 2.74. The van der Waals surface area contributed by atoms with Crippen molar-refractivity contribution >= 4 is 17.5 Å². The third-order valence-corrected chi connectivity index (χ3v) is 3.06. The zero-order chi connectivity index (χ0) is 13.1. The Balaban J connectivity index is 2.15. The van der Waals surface area contributed by atoms with Crippen molar-refractivity contribution in [3.63, 3.8) is 0 Å². The highest BCUT2D eigenvalue weighted by atomic mass is 16.5. The van der Waals surface area contributed by atoms with Gasteiger partial charge in [-0.05, 0) is 25.8 Å². The van der Waals surface area contributed by atoms with E-state index in [-0.39, 0.29) is 23.5 Å². The van der Waals surface area contributed by atoms with Crippen molar-refractivity contribution in [2.24, 2.45) is 0 Å². The van der Waals surface area contributed by atoms with E-state index in [1.165, 1.54) is 12.3 Å². The minimum absolute atomic E-state index is 0.0380. The molecule has 1 aromatic rings. The molecular weight excluding hydrogens is 234 g/mol. The number of pyridine rings is 1. The molecule has 2 rings (SSSR count). The van der Waals surface area contributed by atoms with Gasteiger partial charge in [-0.3, -0.25) is 0 Å². The number of carboxylic acids is 1. The summed E-state index contributed by atoms with van der Waals surface area (Å²) in [5.74, 6) is -0.825. The number of nitrogen functional groups attached to an aromatic ring is 1. The third-order valence-electron chi connectivity index (χ3n) is 3.06. The SMILES string of the molecule is CC(Nc1cnc(N)cc1C(=O)O)C1CCCO1. The Labute approximate surface area is 105 Å². The van der Waals surface area contributed by atoms with Gasteiger partial charge in [0.05, 0.1) is 23.6 Å². The quantitative estimate of drug-likeness (QED) is 0.747. The topological polar surface area (TPSA) is 97.5 Å². The van der Waals surface area contributed by atoms with Gasteiger partial charge in [-0.1, -0.05) is 0 Å². The fourth-order valence-corrected chi connectivity index (χ4v) is 2.10. The molecule has 2 atom stereocenters. The number of rotatable bonds is 4. The van der Waals surface area contributed by atoms with E-state index in [1.807, 2.05) is 6.92 Å². The van der Waals surface area contributed by atoms with E-state index in [0.29, 0.717) is 5.69 Å². The molecule has 1 saturated heterocycles. The van der Waals surface area contributed by atoms with Crippen LogP contribution in [-0.4, -0.2) is 34.8 Å². The Morgan fingerprint density at radius 3 is 3.11 bits per heavy atom. The summed E-state index contributed by atoms with van der Waals surface area (Å²) >= 11 is 0. The lowest BCUT2D eigenvalue weighted by atomic mass is 10.1. The van der Waals surface area contributed by atoms with E-state index >= 15 is 0 Å². The van der Waals surface area contributed by atoms with Crippen LogP contribution in [0.4, 0.5) is 11.5 Å². The second-order valence-electron chi connectivity index (χ2n) is 4.44. The molecule has 0 bridgehead atoms. The number of ether oxygens (including phenoxy) is 1. The summed E-state index contributed by atoms with van der Waals surface area (Å²) in [6.07, 6.45) is 3.59. The molecule has 1 fully saturated rings. The van der Waals surface area contributed by atoms with E-state index in [2.05, 4.69) is 10.3 Å². The standard InChI is InChI=1S/C12H17N3O3/c1-7(10-3-2-4-18-10)15-9-6-14-11(13)5-8(9)12(16)17/h5-7,10,15H,2-4H2,1H3,(H2,13,14)(H,16,17). The third kappa shape index (κ3) is 2.70. The van der Waals surface area contributed by atoms with Crippen molar-refractivity contribution < 1.29 is 14.6 Å². The zero-order valence-corrected chi connectivity index (χ0v) is 10.2. The summed E-state index contributed by atoms with van der Waals surface area (Å²) in [5, 5.41) is 12.3. The highest BCUT2D eigenvalue weighted by Crippen LogP contribution is 2.22. The Bertz CT molecular complexity index is 444. The molecule has 6 nitrogen and oxygen atoms in total. The molecule has 0 aliphatic carbocycles. The van der Waals surface area contributed by atoms with Crippen LogP contribution in [0.1, 0.15) is 30.1 Å². The summed E-state index contributed by atoms with van der Waals surface area (Å²) in [5.41, 5.74) is 6.10. The van der Waals surface area contributed by atoms with Gasteiger partial charge in [0.1, 0.15) is 5.82 Å². The summed E-state index contributed by atoms with van der Waals surface area (Å²) in [4.78, 5) is 15.0. The lowest BCUT2D eigenvalue weighted by Crippen LogP contribution is -2.30. The second kappa shape index (κ2) is 5.22. The van der Waals surface area contributed by atoms with Crippen molar-refractivity contribution in [3.8, 4) is 0 Å². The van der Waals surface area contributed by atoms with Crippen LogP contribution in [0.15, 0.2) is 12.3 Å². The van der Waals surface area contributed by atoms with Gasteiger partial charge in [0.15, 0.2) is 0 Å². The number of nitrogens with zero attached hydrogens (tertiary/aromatic N) is 1. The van der Waals surface area contributed by atoms with Crippen LogP contribution in [0.2, 0.25) is 0 Å². The van der Waals surface area contributed by atoms with Gasteiger partial charge < -0.3 is 20.9 Å². The Morgan fingerprint density at radius 2 is 2.50 bits per heavy atom. The summed E-state index contributed by atoms with van der Waals surface area (Å²) in [6, 6.07) is 1.39. The smallest absolute Gasteiger partial charge is 0.337 e. The molecule has 1 aliphatic rings. The molecule has 0 spiro atoms. The Kier molecular flexibility index (Phi) is 3.66. The largest absolute Gasteiger partial charge is 0.478 e. The minimum Gasteiger partial charge on any atom is -0.478 e. The lowest BCUT2D eigenvalue weighted by Gasteiger charge is -2.21. The van der Waals surface area contributed by atoms with E-state index in [0.717, 1.165) is 19.4 Å². The van der Waals surface area contributed by atoms with Gasteiger partial charge in [-0.25, -0.2) is 9.78 Å². The van der Waals surface area contributed by atoms with Crippen LogP contribution in [0.5, 0.6) is 0 Å². The number of carbonyl (C=O) groups is 1. The number of carboxylic acid groups (broad SMARTS) is 1. The first-order chi connectivity index (χ1) is 8.58. The maximum absolute atomic E-state index is 11.1. The fraction of sp³-hybridized carbons (Fsp3) is 0.500. The molecule has 18 heavy (non-hydrogen) atoms. The average molecular weight is 251 g/mol. The highest BCUT2D eigenvalue weighted by molar-refractivity contribution is 5.94. The van der Waals surface area contributed by atoms with Crippen LogP contribution in [0.25, 0.3) is 0 Å². The van der Waals surface area contributed by atoms with Crippen molar-refractivity contribution in [1.82, 2.24) is 4.98 Å². The fourth-order valence-electron chi connectivity index (χ4n) is 2.10. The molecule has 1 aliphatic heterocycles. The van der Waals surface area contributed by atoms with Crippen LogP contribution in [0, 0.1) is 0 Å². The number of aromatic nitrogens is 1. The second-order valence-corrected chi connectivity index (χ2v) is 4.44. The molecule has 0 saturated carbocycles. The average Bonchev–Trinajstić information content (AvgIpc) is 2.84. The highest BCUT2D eigenvalue weighted by Gasteiger charge is 2.23. The molecule has 2 heterocycles. The molecule has 4 N–H and O–H groups in total. The Morgan fingerprint density at radius 1 is 1.72 bits per heavy atom. The molecular formula is C12H17N3O3. The van der Waals surface area contributed by atoms with Crippen LogP contribution in [-0.2, 0) is 4.74 Å². The molecule has 0 amide bonds. The van der Waals surface area contributed by atoms with E-state index in [1.54, 1.807) is 0 Å². The van der Waals surface area contributed by atoms with Crippen LogP contribution < -0.4 is 11.1 Å². The lowest BCUT2D eigenvalue weighted by molar-refractivity contribution is 0.0697. The van der Waals surface area contributed by atoms with E-state index < -0.39 is 5.97 Å².